The molecule has 0 aliphatic heterocycles. The van der Waals surface area contributed by atoms with Crippen molar-refractivity contribution in [1.82, 2.24) is 0 Å². The Balaban J connectivity index is 2.33. The summed E-state index contributed by atoms with van der Waals surface area (Å²) in [5.74, 6) is 0.202. The van der Waals surface area contributed by atoms with E-state index in [0.29, 0.717) is 6.42 Å². The lowest BCUT2D eigenvalue weighted by Crippen LogP contribution is -2.18. The Morgan fingerprint density at radius 3 is 2.45 bits per heavy atom. The third-order valence-corrected chi connectivity index (χ3v) is 4.49. The standard InChI is InChI=1S/C12H16ClNO5Si/c1-20(2,13)9-3-8-18-12(15)19-11-6-4-10(5-7-11)14(16)17/h4-7H,3,8-9H2,1-2H3. The highest BCUT2D eigenvalue weighted by molar-refractivity contribution is 7.19. The summed E-state index contributed by atoms with van der Waals surface area (Å²) in [7, 11) is -1.64. The number of nitro benzene ring substituents is 1. The normalized spacial score (nSPS) is 10.9. The van der Waals surface area contributed by atoms with Crippen LogP contribution in [0.15, 0.2) is 24.3 Å². The first kappa shape index (κ1) is 16.5. The number of hydrogen-bond donors (Lipinski definition) is 0. The lowest BCUT2D eigenvalue weighted by atomic mass is 10.3. The summed E-state index contributed by atoms with van der Waals surface area (Å²) in [4.78, 5) is 21.3. The zero-order valence-corrected chi connectivity index (χ0v) is 13.1. The number of carbonyl (C=O) groups is 1. The van der Waals surface area contributed by atoms with E-state index >= 15 is 0 Å². The number of benzene rings is 1. The van der Waals surface area contributed by atoms with Crippen LogP contribution in [0.3, 0.4) is 0 Å². The van der Waals surface area contributed by atoms with Crippen molar-refractivity contribution in [2.75, 3.05) is 6.61 Å². The maximum Gasteiger partial charge on any atom is 0.513 e. The molecule has 0 fully saturated rings. The van der Waals surface area contributed by atoms with Crippen molar-refractivity contribution in [2.24, 2.45) is 0 Å². The first-order chi connectivity index (χ1) is 9.28. The lowest BCUT2D eigenvalue weighted by Gasteiger charge is -2.12. The van der Waals surface area contributed by atoms with Crippen LogP contribution in [0.2, 0.25) is 19.1 Å². The van der Waals surface area contributed by atoms with E-state index in [4.69, 9.17) is 20.6 Å². The average Bonchev–Trinajstić information content (AvgIpc) is 2.34. The highest BCUT2D eigenvalue weighted by Gasteiger charge is 2.16. The third kappa shape index (κ3) is 6.53. The molecule has 0 bridgehead atoms. The van der Waals surface area contributed by atoms with Gasteiger partial charge in [0, 0.05) is 12.1 Å². The van der Waals surface area contributed by atoms with Crippen LogP contribution in [-0.2, 0) is 4.74 Å². The van der Waals surface area contributed by atoms with Crippen molar-refractivity contribution >= 4 is 30.3 Å². The summed E-state index contributed by atoms with van der Waals surface area (Å²) in [6.07, 6.45) is -0.133. The number of hydrogen-bond acceptors (Lipinski definition) is 5. The molecular weight excluding hydrogens is 302 g/mol. The Morgan fingerprint density at radius 1 is 1.35 bits per heavy atom. The van der Waals surface area contributed by atoms with Crippen LogP contribution in [0, 0.1) is 10.1 Å². The minimum atomic E-state index is -1.64. The quantitative estimate of drug-likeness (QED) is 0.151. The first-order valence-corrected chi connectivity index (χ1v) is 10.3. The van der Waals surface area contributed by atoms with Gasteiger partial charge in [0.1, 0.15) is 5.75 Å². The van der Waals surface area contributed by atoms with Crippen LogP contribution >= 0.6 is 11.1 Å². The lowest BCUT2D eigenvalue weighted by molar-refractivity contribution is -0.384. The zero-order chi connectivity index (χ0) is 15.2. The molecule has 0 heterocycles. The van der Waals surface area contributed by atoms with E-state index in [-0.39, 0.29) is 18.0 Å². The van der Waals surface area contributed by atoms with Crippen LogP contribution in [0.5, 0.6) is 5.75 Å². The molecule has 0 aliphatic carbocycles. The minimum Gasteiger partial charge on any atom is -0.434 e. The number of carbonyl (C=O) groups excluding carboxylic acids is 1. The molecule has 110 valence electrons. The summed E-state index contributed by atoms with van der Waals surface area (Å²) >= 11 is 6.13. The van der Waals surface area contributed by atoms with Gasteiger partial charge in [0.15, 0.2) is 7.38 Å². The highest BCUT2D eigenvalue weighted by atomic mass is 35.6. The molecule has 6 nitrogen and oxygen atoms in total. The van der Waals surface area contributed by atoms with E-state index in [1.165, 1.54) is 24.3 Å². The molecule has 1 aromatic carbocycles. The molecule has 0 saturated heterocycles. The second kappa shape index (κ2) is 7.25. The van der Waals surface area contributed by atoms with Gasteiger partial charge in [0.25, 0.3) is 5.69 Å². The Kier molecular flexibility index (Phi) is 5.96. The Morgan fingerprint density at radius 2 is 1.95 bits per heavy atom. The van der Waals surface area contributed by atoms with Crippen LogP contribution in [0.4, 0.5) is 10.5 Å². The largest absolute Gasteiger partial charge is 0.513 e. The van der Waals surface area contributed by atoms with Crippen LogP contribution in [0.25, 0.3) is 0 Å². The van der Waals surface area contributed by atoms with Crippen LogP contribution < -0.4 is 4.74 Å². The maximum atomic E-state index is 11.4. The Labute approximate surface area is 122 Å². The fraction of sp³-hybridized carbons (Fsp3) is 0.417. The van der Waals surface area contributed by atoms with Gasteiger partial charge in [-0.15, -0.1) is 0 Å². The number of nitrogens with zero attached hydrogens (tertiary/aromatic N) is 1. The molecule has 1 rings (SSSR count). The van der Waals surface area contributed by atoms with Crippen molar-refractivity contribution in [1.29, 1.82) is 0 Å². The van der Waals surface area contributed by atoms with E-state index in [1.54, 1.807) is 0 Å². The number of ether oxygens (including phenoxy) is 2. The number of non-ortho nitro benzene ring substituents is 1. The third-order valence-electron chi connectivity index (χ3n) is 2.38. The van der Waals surface area contributed by atoms with Crippen LogP contribution in [0.1, 0.15) is 6.42 Å². The first-order valence-electron chi connectivity index (χ1n) is 6.06. The number of nitro groups is 1. The number of rotatable bonds is 6. The van der Waals surface area contributed by atoms with E-state index in [2.05, 4.69) is 0 Å². The van der Waals surface area contributed by atoms with Crippen molar-refractivity contribution < 1.29 is 19.2 Å². The summed E-state index contributed by atoms with van der Waals surface area (Å²) in [6, 6.07) is 6.04. The summed E-state index contributed by atoms with van der Waals surface area (Å²) in [5, 5.41) is 10.5. The molecule has 1 aromatic rings. The van der Waals surface area contributed by atoms with Gasteiger partial charge < -0.3 is 9.47 Å². The van der Waals surface area contributed by atoms with E-state index in [0.717, 1.165) is 6.04 Å². The topological polar surface area (TPSA) is 78.7 Å². The molecular formula is C12H16ClNO5Si. The van der Waals surface area contributed by atoms with Gasteiger partial charge in [-0.2, -0.15) is 11.1 Å². The molecule has 0 aliphatic rings. The second-order valence-electron chi connectivity index (χ2n) is 4.77. The van der Waals surface area contributed by atoms with E-state index in [1.807, 2.05) is 13.1 Å². The predicted octanol–water partition coefficient (Wildman–Crippen LogP) is 3.94. The molecule has 0 saturated carbocycles. The van der Waals surface area contributed by atoms with Gasteiger partial charge in [0.2, 0.25) is 0 Å². The van der Waals surface area contributed by atoms with Crippen molar-refractivity contribution in [3.8, 4) is 5.75 Å². The molecule has 0 amide bonds. The van der Waals surface area contributed by atoms with Crippen molar-refractivity contribution in [3.63, 3.8) is 0 Å². The predicted molar refractivity (Wildman–Crippen MR) is 77.8 cm³/mol. The monoisotopic (exact) mass is 317 g/mol. The van der Waals surface area contributed by atoms with Gasteiger partial charge in [-0.3, -0.25) is 10.1 Å². The second-order valence-corrected chi connectivity index (χ2v) is 11.8. The molecule has 0 unspecified atom stereocenters. The molecule has 0 spiro atoms. The summed E-state index contributed by atoms with van der Waals surface area (Å²) in [5.41, 5.74) is -0.0694. The highest BCUT2D eigenvalue weighted by Crippen LogP contribution is 2.18. The minimum absolute atomic E-state index is 0.0694. The van der Waals surface area contributed by atoms with Gasteiger partial charge in [-0.05, 0) is 24.6 Å². The average molecular weight is 318 g/mol. The zero-order valence-electron chi connectivity index (χ0n) is 11.3. The fourth-order valence-electron chi connectivity index (χ4n) is 1.41. The molecule has 0 N–H and O–H groups in total. The van der Waals surface area contributed by atoms with E-state index in [9.17, 15) is 14.9 Å². The summed E-state index contributed by atoms with van der Waals surface area (Å²) in [6.45, 7) is 4.28. The van der Waals surface area contributed by atoms with Crippen molar-refractivity contribution in [3.05, 3.63) is 34.4 Å². The Hall–Kier alpha value is -1.60. The maximum absolute atomic E-state index is 11.4. The molecule has 0 aromatic heterocycles. The molecule has 0 atom stereocenters. The summed E-state index contributed by atoms with van der Waals surface area (Å²) < 4.78 is 9.76. The van der Waals surface area contributed by atoms with Gasteiger partial charge in [0.05, 0.1) is 11.5 Å². The molecule has 0 radical (unpaired) electrons. The van der Waals surface area contributed by atoms with Gasteiger partial charge >= 0.3 is 6.16 Å². The Bertz CT molecular complexity index is 472. The van der Waals surface area contributed by atoms with E-state index < -0.39 is 18.5 Å². The van der Waals surface area contributed by atoms with Crippen molar-refractivity contribution in [2.45, 2.75) is 25.6 Å². The SMILES string of the molecule is C[Si](C)(Cl)CCCOC(=O)Oc1ccc([N+](=O)[O-])cc1. The smallest absolute Gasteiger partial charge is 0.434 e. The van der Waals surface area contributed by atoms with Gasteiger partial charge in [-0.1, -0.05) is 13.1 Å². The number of halogens is 1. The van der Waals surface area contributed by atoms with Gasteiger partial charge in [-0.25, -0.2) is 4.79 Å². The molecule has 20 heavy (non-hydrogen) atoms. The molecule has 8 heteroatoms. The van der Waals surface area contributed by atoms with Crippen LogP contribution in [-0.4, -0.2) is 25.1 Å². The fourth-order valence-corrected chi connectivity index (χ4v) is 2.80.